The van der Waals surface area contributed by atoms with Gasteiger partial charge in [0, 0.05) is 6.42 Å². The lowest BCUT2D eigenvalue weighted by Crippen LogP contribution is -2.46. The molecule has 6 nitrogen and oxygen atoms in total. The van der Waals surface area contributed by atoms with Gasteiger partial charge in [-0.2, -0.15) is 0 Å². The molecule has 56 heavy (non-hydrogen) atoms. The number of esters is 1. The van der Waals surface area contributed by atoms with Gasteiger partial charge in [-0.3, -0.25) is 9.59 Å². The number of nitrogens with one attached hydrogen (secondary N) is 1. The molecule has 0 aliphatic carbocycles. The number of unbranched alkanes of at least 4 members (excludes halogenated alkanes) is 12. The first-order chi connectivity index (χ1) is 27.5. The Morgan fingerprint density at radius 3 is 1.48 bits per heavy atom. The van der Waals surface area contributed by atoms with Gasteiger partial charge in [0.05, 0.1) is 25.2 Å². The number of rotatable bonds is 36. The van der Waals surface area contributed by atoms with Gasteiger partial charge in [-0.25, -0.2) is 0 Å². The summed E-state index contributed by atoms with van der Waals surface area (Å²) in [5.41, 5.74) is 0. The van der Waals surface area contributed by atoms with Crippen LogP contribution in [-0.2, 0) is 14.3 Å². The van der Waals surface area contributed by atoms with Crippen LogP contribution in [0.25, 0.3) is 0 Å². The summed E-state index contributed by atoms with van der Waals surface area (Å²) in [4.78, 5) is 25.9. The van der Waals surface area contributed by atoms with Crippen LogP contribution in [0.2, 0.25) is 0 Å². The van der Waals surface area contributed by atoms with Crippen molar-refractivity contribution < 1.29 is 24.5 Å². The van der Waals surface area contributed by atoms with Crippen LogP contribution in [0.15, 0.2) is 122 Å². The van der Waals surface area contributed by atoms with Crippen molar-refractivity contribution in [3.8, 4) is 0 Å². The molecule has 0 aliphatic heterocycles. The number of carbonyl (C=O) groups excluding carboxylic acids is 2. The van der Waals surface area contributed by atoms with Crippen molar-refractivity contribution in [1.29, 1.82) is 0 Å². The molecule has 0 saturated heterocycles. The Hall–Kier alpha value is -3.74. The first-order valence-corrected chi connectivity index (χ1v) is 21.9. The molecule has 0 aromatic carbocycles. The SMILES string of the molecule is CC\C=C/C=C/C=C/C=C\C=C\C=C\CCCCCC(=O)OC(CCC\C=C/C=C\C=C\C=C\CC)CC(=O)NC(CO)C(O)CCCCCCCCCCC. The number of hydrogen-bond acceptors (Lipinski definition) is 5. The van der Waals surface area contributed by atoms with E-state index in [2.05, 4.69) is 50.4 Å². The molecule has 3 N–H and O–H groups in total. The highest BCUT2D eigenvalue weighted by Crippen LogP contribution is 2.15. The lowest BCUT2D eigenvalue weighted by Gasteiger charge is -2.24. The predicted octanol–water partition coefficient (Wildman–Crippen LogP) is 12.5. The zero-order valence-corrected chi connectivity index (χ0v) is 35.5. The Bertz CT molecular complexity index is 1230. The number of ether oxygens (including phenoxy) is 1. The Kier molecular flexibility index (Phi) is 39.6. The van der Waals surface area contributed by atoms with Gasteiger partial charge in [0.15, 0.2) is 0 Å². The number of amides is 1. The van der Waals surface area contributed by atoms with Crippen molar-refractivity contribution in [3.63, 3.8) is 0 Å². The minimum Gasteiger partial charge on any atom is -0.462 e. The van der Waals surface area contributed by atoms with Crippen molar-refractivity contribution in [1.82, 2.24) is 5.32 Å². The van der Waals surface area contributed by atoms with Crippen molar-refractivity contribution in [3.05, 3.63) is 122 Å². The summed E-state index contributed by atoms with van der Waals surface area (Å²) in [7, 11) is 0. The van der Waals surface area contributed by atoms with E-state index in [0.29, 0.717) is 19.3 Å². The maximum Gasteiger partial charge on any atom is 0.306 e. The molecule has 6 heteroatoms. The number of allylic oxidation sites excluding steroid dienone is 20. The first-order valence-electron chi connectivity index (χ1n) is 21.9. The van der Waals surface area contributed by atoms with Gasteiger partial charge >= 0.3 is 5.97 Å². The van der Waals surface area contributed by atoms with Gasteiger partial charge in [0.1, 0.15) is 6.10 Å². The zero-order valence-electron chi connectivity index (χ0n) is 35.5. The summed E-state index contributed by atoms with van der Waals surface area (Å²) < 4.78 is 5.83. The van der Waals surface area contributed by atoms with E-state index in [-0.39, 0.29) is 24.9 Å². The Morgan fingerprint density at radius 2 is 0.982 bits per heavy atom. The number of aliphatic hydroxyl groups excluding tert-OH is 2. The number of carbonyl (C=O) groups is 2. The molecule has 0 aliphatic rings. The third-order valence-electron chi connectivity index (χ3n) is 9.04. The monoisotopic (exact) mass is 774 g/mol. The van der Waals surface area contributed by atoms with E-state index in [9.17, 15) is 19.8 Å². The summed E-state index contributed by atoms with van der Waals surface area (Å²) in [6, 6.07) is -0.738. The van der Waals surface area contributed by atoms with E-state index in [4.69, 9.17) is 4.74 Å². The second kappa shape index (κ2) is 42.4. The van der Waals surface area contributed by atoms with Crippen LogP contribution in [0.1, 0.15) is 156 Å². The molecule has 0 radical (unpaired) electrons. The molecule has 1 amide bonds. The smallest absolute Gasteiger partial charge is 0.306 e. The van der Waals surface area contributed by atoms with E-state index in [0.717, 1.165) is 70.6 Å². The second-order valence-electron chi connectivity index (χ2n) is 14.2. The van der Waals surface area contributed by atoms with Crippen molar-refractivity contribution in [2.75, 3.05) is 6.61 Å². The highest BCUT2D eigenvalue weighted by Gasteiger charge is 2.23. The lowest BCUT2D eigenvalue weighted by molar-refractivity contribution is -0.151. The minimum atomic E-state index is -0.818. The van der Waals surface area contributed by atoms with Crippen molar-refractivity contribution in [2.24, 2.45) is 0 Å². The van der Waals surface area contributed by atoms with Gasteiger partial charge in [0.25, 0.3) is 0 Å². The van der Waals surface area contributed by atoms with Gasteiger partial charge in [-0.05, 0) is 57.8 Å². The maximum atomic E-state index is 13.1. The zero-order chi connectivity index (χ0) is 41.0. The van der Waals surface area contributed by atoms with Crippen molar-refractivity contribution in [2.45, 2.75) is 174 Å². The molecule has 0 heterocycles. The minimum absolute atomic E-state index is 0.00413. The van der Waals surface area contributed by atoms with Gasteiger partial charge < -0.3 is 20.3 Å². The van der Waals surface area contributed by atoms with Crippen LogP contribution in [0.4, 0.5) is 0 Å². The largest absolute Gasteiger partial charge is 0.462 e. The van der Waals surface area contributed by atoms with E-state index in [1.165, 1.54) is 38.5 Å². The molecule has 0 aromatic rings. The van der Waals surface area contributed by atoms with Crippen LogP contribution in [-0.4, -0.2) is 46.9 Å². The fraction of sp³-hybridized carbons (Fsp3) is 0.560. The third kappa shape index (κ3) is 37.2. The van der Waals surface area contributed by atoms with E-state index < -0.39 is 18.2 Å². The van der Waals surface area contributed by atoms with Gasteiger partial charge in [0.2, 0.25) is 5.91 Å². The molecular weight excluding hydrogens is 695 g/mol. The summed E-state index contributed by atoms with van der Waals surface area (Å²) in [6.07, 6.45) is 58.3. The summed E-state index contributed by atoms with van der Waals surface area (Å²) in [5, 5.41) is 23.5. The third-order valence-corrected chi connectivity index (χ3v) is 9.04. The molecule has 0 spiro atoms. The fourth-order valence-corrected chi connectivity index (χ4v) is 5.77. The van der Waals surface area contributed by atoms with Crippen molar-refractivity contribution >= 4 is 11.9 Å². The highest BCUT2D eigenvalue weighted by molar-refractivity contribution is 5.77. The van der Waals surface area contributed by atoms with Crippen LogP contribution in [0, 0.1) is 0 Å². The Balaban J connectivity index is 4.81. The average Bonchev–Trinajstić information content (AvgIpc) is 3.19. The molecular formula is C50H79NO5. The molecule has 0 saturated carbocycles. The number of hydrogen-bond donors (Lipinski definition) is 3. The van der Waals surface area contributed by atoms with E-state index in [1.54, 1.807) is 0 Å². The predicted molar refractivity (Wildman–Crippen MR) is 240 cm³/mol. The summed E-state index contributed by atoms with van der Waals surface area (Å²) >= 11 is 0. The van der Waals surface area contributed by atoms with Crippen LogP contribution < -0.4 is 5.32 Å². The molecule has 314 valence electrons. The van der Waals surface area contributed by atoms with Crippen LogP contribution in [0.5, 0.6) is 0 Å². The number of aliphatic hydroxyl groups is 2. The van der Waals surface area contributed by atoms with Gasteiger partial charge in [-0.1, -0.05) is 206 Å². The summed E-state index contributed by atoms with van der Waals surface area (Å²) in [5.74, 6) is -0.614. The standard InChI is InChI=1S/C50H79NO5/c1-4-7-10-13-16-19-21-22-23-24-25-26-28-31-34-37-40-43-50(55)56-46(41-38-35-32-30-27-20-17-14-11-8-5-2)44-49(54)51-47(45-52)48(53)42-39-36-33-29-18-15-12-9-6-3/h7-8,10-11,13-14,16-17,19-28,30,32,46-48,52-53H,4-6,9,12,15,18,29,31,33-45H2,1-3H3,(H,51,54)/b10-7-,11-8+,16-13+,17-14+,21-19+,23-22-,25-24+,27-20-,28-26+,32-30-. The molecule has 0 bridgehead atoms. The summed E-state index contributed by atoms with van der Waals surface area (Å²) in [6.45, 7) is 6.10. The maximum absolute atomic E-state index is 13.1. The Morgan fingerprint density at radius 1 is 0.536 bits per heavy atom. The highest BCUT2D eigenvalue weighted by atomic mass is 16.5. The molecule has 0 rings (SSSR count). The molecule has 3 unspecified atom stereocenters. The Labute approximate surface area is 342 Å². The quantitative estimate of drug-likeness (QED) is 0.0335. The normalized spacial score (nSPS) is 14.6. The fourth-order valence-electron chi connectivity index (χ4n) is 5.77. The molecule has 0 aromatic heterocycles. The topological polar surface area (TPSA) is 95.9 Å². The lowest BCUT2D eigenvalue weighted by atomic mass is 10.0. The first kappa shape index (κ1) is 52.3. The van der Waals surface area contributed by atoms with Crippen LogP contribution in [0.3, 0.4) is 0 Å². The molecule has 0 fully saturated rings. The van der Waals surface area contributed by atoms with E-state index >= 15 is 0 Å². The van der Waals surface area contributed by atoms with Gasteiger partial charge in [-0.15, -0.1) is 0 Å². The van der Waals surface area contributed by atoms with Crippen LogP contribution >= 0.6 is 0 Å². The molecule has 3 atom stereocenters. The second-order valence-corrected chi connectivity index (χ2v) is 14.2. The average molecular weight is 774 g/mol. The van der Waals surface area contributed by atoms with E-state index in [1.807, 2.05) is 97.2 Å².